The number of nitrogens with zero attached hydrogens (tertiary/aromatic N) is 1. The minimum absolute atomic E-state index is 0.187. The third-order valence-corrected chi connectivity index (χ3v) is 3.22. The van der Waals surface area contributed by atoms with Crippen LogP contribution in [0.3, 0.4) is 0 Å². The van der Waals surface area contributed by atoms with Crippen LogP contribution in [0, 0.1) is 0 Å². The number of nitrogens with two attached hydrogens (primary N) is 1. The van der Waals surface area contributed by atoms with E-state index in [0.717, 1.165) is 12.8 Å². The molecule has 0 aliphatic carbocycles. The molecule has 15 heavy (non-hydrogen) atoms. The highest BCUT2D eigenvalue weighted by molar-refractivity contribution is 5.59. The van der Waals surface area contributed by atoms with Crippen molar-refractivity contribution < 1.29 is 0 Å². The van der Waals surface area contributed by atoms with E-state index in [1.165, 1.54) is 11.3 Å². The van der Waals surface area contributed by atoms with Crippen LogP contribution >= 0.6 is 0 Å². The maximum Gasteiger partial charge on any atom is 0.118 e. The fourth-order valence-corrected chi connectivity index (χ4v) is 2.41. The zero-order valence-corrected chi connectivity index (χ0v) is 8.56. The number of fused-ring (bicyclic) bond motifs is 3. The first-order valence-electron chi connectivity index (χ1n) is 5.41. The fourth-order valence-electron chi connectivity index (χ4n) is 2.41. The standard InChI is InChI=1S/C12H15N3/c13-10-6-5-9-3-1-2-4-11(9)15-8-7-14-12(10)15/h1-4,7-8,10,12,14H,5-6,13H2. The van der Waals surface area contributed by atoms with Gasteiger partial charge in [0, 0.05) is 24.1 Å². The Labute approximate surface area is 89.6 Å². The first-order valence-corrected chi connectivity index (χ1v) is 5.41. The van der Waals surface area contributed by atoms with E-state index >= 15 is 0 Å². The van der Waals surface area contributed by atoms with Gasteiger partial charge in [-0.3, -0.25) is 0 Å². The van der Waals surface area contributed by atoms with Crippen molar-refractivity contribution in [3.8, 4) is 0 Å². The van der Waals surface area contributed by atoms with Gasteiger partial charge in [0.1, 0.15) is 6.17 Å². The third-order valence-electron chi connectivity index (χ3n) is 3.22. The summed E-state index contributed by atoms with van der Waals surface area (Å²) in [5.41, 5.74) is 8.84. The van der Waals surface area contributed by atoms with Crippen LogP contribution in [-0.4, -0.2) is 12.2 Å². The summed E-state index contributed by atoms with van der Waals surface area (Å²) in [6.45, 7) is 0. The summed E-state index contributed by atoms with van der Waals surface area (Å²) in [6.07, 6.45) is 6.39. The van der Waals surface area contributed by atoms with Gasteiger partial charge < -0.3 is 16.0 Å². The molecule has 1 aromatic carbocycles. The largest absolute Gasteiger partial charge is 0.368 e. The van der Waals surface area contributed by atoms with Crippen LogP contribution < -0.4 is 16.0 Å². The minimum atomic E-state index is 0.187. The molecule has 3 rings (SSSR count). The molecule has 78 valence electrons. The lowest BCUT2D eigenvalue weighted by molar-refractivity contribution is 0.481. The molecular formula is C12H15N3. The van der Waals surface area contributed by atoms with Gasteiger partial charge in [-0.25, -0.2) is 0 Å². The number of rotatable bonds is 0. The topological polar surface area (TPSA) is 41.3 Å². The van der Waals surface area contributed by atoms with Crippen LogP contribution in [0.2, 0.25) is 0 Å². The summed E-state index contributed by atoms with van der Waals surface area (Å²) in [5, 5.41) is 3.31. The Bertz CT molecular complexity index is 400. The number of anilines is 1. The lowest BCUT2D eigenvalue weighted by Gasteiger charge is -2.28. The quantitative estimate of drug-likeness (QED) is 0.662. The van der Waals surface area contributed by atoms with Crippen molar-refractivity contribution in [2.45, 2.75) is 25.0 Å². The second-order valence-electron chi connectivity index (χ2n) is 4.17. The predicted octanol–water partition coefficient (Wildman–Crippen LogP) is 1.17. The van der Waals surface area contributed by atoms with Crippen molar-refractivity contribution in [1.29, 1.82) is 0 Å². The molecule has 3 nitrogen and oxygen atoms in total. The second kappa shape index (κ2) is 3.28. The van der Waals surface area contributed by atoms with Crippen molar-refractivity contribution in [2.75, 3.05) is 4.90 Å². The highest BCUT2D eigenvalue weighted by Crippen LogP contribution is 2.30. The summed E-state index contributed by atoms with van der Waals surface area (Å²) in [5.74, 6) is 0. The number of para-hydroxylation sites is 1. The van der Waals surface area contributed by atoms with Gasteiger partial charge in [-0.2, -0.15) is 0 Å². The molecule has 0 aromatic heterocycles. The Balaban J connectivity index is 2.08. The SMILES string of the molecule is NC1CCc2ccccc2N2C=CNC12. The van der Waals surface area contributed by atoms with Crippen LogP contribution in [-0.2, 0) is 6.42 Å². The number of benzene rings is 1. The van der Waals surface area contributed by atoms with Gasteiger partial charge in [0.2, 0.25) is 0 Å². The Kier molecular flexibility index (Phi) is 1.92. The number of nitrogens with one attached hydrogen (secondary N) is 1. The minimum Gasteiger partial charge on any atom is -0.368 e. The van der Waals surface area contributed by atoms with Gasteiger partial charge in [-0.1, -0.05) is 18.2 Å². The van der Waals surface area contributed by atoms with Gasteiger partial charge in [0.25, 0.3) is 0 Å². The lowest BCUT2D eigenvalue weighted by atomic mass is 10.1. The third kappa shape index (κ3) is 1.31. The molecule has 0 fully saturated rings. The molecule has 3 heteroatoms. The van der Waals surface area contributed by atoms with E-state index < -0.39 is 0 Å². The maximum atomic E-state index is 6.16. The van der Waals surface area contributed by atoms with Gasteiger partial charge in [-0.15, -0.1) is 0 Å². The lowest BCUT2D eigenvalue weighted by Crippen LogP contribution is -2.49. The van der Waals surface area contributed by atoms with Crippen molar-refractivity contribution in [3.63, 3.8) is 0 Å². The average Bonchev–Trinajstić information content (AvgIpc) is 2.71. The summed E-state index contributed by atoms with van der Waals surface area (Å²) in [7, 11) is 0. The van der Waals surface area contributed by atoms with E-state index in [-0.39, 0.29) is 12.2 Å². The van der Waals surface area contributed by atoms with Crippen LogP contribution in [0.5, 0.6) is 0 Å². The second-order valence-corrected chi connectivity index (χ2v) is 4.17. The van der Waals surface area contributed by atoms with Crippen molar-refractivity contribution in [2.24, 2.45) is 5.73 Å². The molecule has 2 aliphatic rings. The number of aryl methyl sites for hydroxylation is 1. The molecule has 1 aromatic rings. The van der Waals surface area contributed by atoms with E-state index in [4.69, 9.17) is 5.73 Å². The first kappa shape index (κ1) is 8.80. The number of hydrogen-bond acceptors (Lipinski definition) is 3. The molecule has 0 bridgehead atoms. The monoisotopic (exact) mass is 201 g/mol. The Morgan fingerprint density at radius 2 is 2.20 bits per heavy atom. The smallest absolute Gasteiger partial charge is 0.118 e. The van der Waals surface area contributed by atoms with E-state index in [1.807, 2.05) is 6.20 Å². The normalized spacial score (nSPS) is 27.9. The summed E-state index contributed by atoms with van der Waals surface area (Å²) < 4.78 is 0. The van der Waals surface area contributed by atoms with Gasteiger partial charge in [0.05, 0.1) is 0 Å². The maximum absolute atomic E-state index is 6.16. The Morgan fingerprint density at radius 1 is 1.33 bits per heavy atom. The molecule has 2 aliphatic heterocycles. The zero-order chi connectivity index (χ0) is 10.3. The average molecular weight is 201 g/mol. The predicted molar refractivity (Wildman–Crippen MR) is 61.3 cm³/mol. The molecular weight excluding hydrogens is 186 g/mol. The van der Waals surface area contributed by atoms with Crippen LogP contribution in [0.1, 0.15) is 12.0 Å². The fraction of sp³-hybridized carbons (Fsp3) is 0.333. The molecule has 3 N–H and O–H groups in total. The van der Waals surface area contributed by atoms with Crippen LogP contribution in [0.4, 0.5) is 5.69 Å². The first-order chi connectivity index (χ1) is 7.36. The van der Waals surface area contributed by atoms with Gasteiger partial charge in [-0.05, 0) is 24.5 Å². The van der Waals surface area contributed by atoms with E-state index in [1.54, 1.807) is 0 Å². The van der Waals surface area contributed by atoms with Crippen molar-refractivity contribution in [3.05, 3.63) is 42.2 Å². The Morgan fingerprint density at radius 3 is 3.13 bits per heavy atom. The highest BCUT2D eigenvalue weighted by Gasteiger charge is 2.30. The summed E-state index contributed by atoms with van der Waals surface area (Å²) >= 11 is 0. The van der Waals surface area contributed by atoms with E-state index in [9.17, 15) is 0 Å². The molecule has 0 saturated carbocycles. The molecule has 2 atom stereocenters. The van der Waals surface area contributed by atoms with Gasteiger partial charge >= 0.3 is 0 Å². The molecule has 0 amide bonds. The van der Waals surface area contributed by atoms with Crippen LogP contribution in [0.15, 0.2) is 36.7 Å². The highest BCUT2D eigenvalue weighted by atomic mass is 15.3. The van der Waals surface area contributed by atoms with E-state index in [0.29, 0.717) is 0 Å². The van der Waals surface area contributed by atoms with Crippen molar-refractivity contribution >= 4 is 5.69 Å². The molecule has 2 unspecified atom stereocenters. The Hall–Kier alpha value is -1.48. The summed E-state index contributed by atoms with van der Waals surface area (Å²) in [4.78, 5) is 2.24. The summed E-state index contributed by atoms with van der Waals surface area (Å²) in [6, 6.07) is 8.72. The molecule has 2 heterocycles. The molecule has 0 radical (unpaired) electrons. The van der Waals surface area contributed by atoms with Crippen molar-refractivity contribution in [1.82, 2.24) is 5.32 Å². The number of hydrogen-bond donors (Lipinski definition) is 2. The molecule has 0 saturated heterocycles. The van der Waals surface area contributed by atoms with Gasteiger partial charge in [0.15, 0.2) is 0 Å². The van der Waals surface area contributed by atoms with Crippen LogP contribution in [0.25, 0.3) is 0 Å². The molecule has 0 spiro atoms. The van der Waals surface area contributed by atoms with E-state index in [2.05, 4.69) is 40.7 Å². The zero-order valence-electron chi connectivity index (χ0n) is 8.56.